The molecular weight excluding hydrogens is 218 g/mol. The number of carboxylic acids is 1. The van der Waals surface area contributed by atoms with Crippen molar-refractivity contribution in [2.75, 3.05) is 0 Å². The summed E-state index contributed by atoms with van der Waals surface area (Å²) in [6, 6.07) is 6.91. The highest BCUT2D eigenvalue weighted by Crippen LogP contribution is 2.24. The first-order valence-corrected chi connectivity index (χ1v) is 5.47. The van der Waals surface area contributed by atoms with Gasteiger partial charge in [-0.2, -0.15) is 0 Å². The average molecular weight is 235 g/mol. The molecule has 0 amide bonds. The molecule has 0 fully saturated rings. The molecule has 1 atom stereocenters. The zero-order valence-corrected chi connectivity index (χ0v) is 9.76. The normalized spacial score (nSPS) is 11.8. The molecule has 1 aromatic carbocycles. The van der Waals surface area contributed by atoms with E-state index in [1.807, 2.05) is 6.92 Å². The maximum atomic E-state index is 11.1. The molecule has 0 saturated heterocycles. The predicted octanol–water partition coefficient (Wildman–Crippen LogP) is 1.56. The van der Waals surface area contributed by atoms with Gasteiger partial charge in [-0.25, -0.2) is 4.99 Å². The van der Waals surface area contributed by atoms with Crippen LogP contribution in [0.2, 0.25) is 0 Å². The number of guanidine groups is 1. The minimum Gasteiger partial charge on any atom is -0.481 e. The van der Waals surface area contributed by atoms with Gasteiger partial charge in [-0.3, -0.25) is 4.79 Å². The standard InChI is InChI=1S/C12H17N3O2/c1-2-3-10(11(16)17)8-4-6-9(7-5-8)15-12(13)14/h4-7,10H,2-3H2,1H3,(H,16,17)(H4,13,14,15). The number of nitrogens with zero attached hydrogens (tertiary/aromatic N) is 1. The van der Waals surface area contributed by atoms with Gasteiger partial charge in [0, 0.05) is 0 Å². The van der Waals surface area contributed by atoms with Gasteiger partial charge in [0.25, 0.3) is 0 Å². The first kappa shape index (κ1) is 13.0. The summed E-state index contributed by atoms with van der Waals surface area (Å²) in [5, 5.41) is 9.10. The molecule has 0 heterocycles. The molecular formula is C12H17N3O2. The lowest BCUT2D eigenvalue weighted by molar-refractivity contribution is -0.139. The van der Waals surface area contributed by atoms with Gasteiger partial charge >= 0.3 is 5.97 Å². The van der Waals surface area contributed by atoms with Crippen LogP contribution in [-0.4, -0.2) is 17.0 Å². The van der Waals surface area contributed by atoms with Crippen molar-refractivity contribution in [3.05, 3.63) is 29.8 Å². The number of carbonyl (C=O) groups is 1. The highest BCUT2D eigenvalue weighted by molar-refractivity contribution is 5.79. The van der Waals surface area contributed by atoms with E-state index in [4.69, 9.17) is 16.6 Å². The summed E-state index contributed by atoms with van der Waals surface area (Å²) in [5.74, 6) is -1.28. The molecule has 5 nitrogen and oxygen atoms in total. The summed E-state index contributed by atoms with van der Waals surface area (Å²) in [4.78, 5) is 15.0. The monoisotopic (exact) mass is 235 g/mol. The Labute approximate surface area is 100 Å². The van der Waals surface area contributed by atoms with E-state index >= 15 is 0 Å². The third-order valence-corrected chi connectivity index (χ3v) is 2.43. The van der Waals surface area contributed by atoms with Crippen molar-refractivity contribution in [2.24, 2.45) is 16.5 Å². The van der Waals surface area contributed by atoms with Gasteiger partial charge in [0.15, 0.2) is 5.96 Å². The SMILES string of the molecule is CCCC(C(=O)O)c1ccc(N=C(N)N)cc1. The first-order chi connectivity index (χ1) is 8.04. The molecule has 5 heteroatoms. The van der Waals surface area contributed by atoms with Crippen LogP contribution in [0.4, 0.5) is 5.69 Å². The van der Waals surface area contributed by atoms with E-state index < -0.39 is 11.9 Å². The fourth-order valence-electron chi connectivity index (χ4n) is 1.65. The molecule has 0 saturated carbocycles. The van der Waals surface area contributed by atoms with Crippen LogP contribution in [0.3, 0.4) is 0 Å². The molecule has 17 heavy (non-hydrogen) atoms. The Balaban J connectivity index is 2.92. The van der Waals surface area contributed by atoms with Crippen LogP contribution in [0.15, 0.2) is 29.3 Å². The molecule has 0 aliphatic carbocycles. The summed E-state index contributed by atoms with van der Waals surface area (Å²) in [7, 11) is 0. The number of hydrogen-bond acceptors (Lipinski definition) is 2. The van der Waals surface area contributed by atoms with Crippen LogP contribution < -0.4 is 11.5 Å². The maximum Gasteiger partial charge on any atom is 0.310 e. The second-order valence-electron chi connectivity index (χ2n) is 3.81. The van der Waals surface area contributed by atoms with Crippen molar-refractivity contribution >= 4 is 17.6 Å². The van der Waals surface area contributed by atoms with Gasteiger partial charge in [-0.1, -0.05) is 25.5 Å². The number of aliphatic imine (C=N–C) groups is 1. The van der Waals surface area contributed by atoms with E-state index in [-0.39, 0.29) is 5.96 Å². The Bertz CT molecular complexity index is 408. The van der Waals surface area contributed by atoms with Crippen LogP contribution >= 0.6 is 0 Å². The Hall–Kier alpha value is -2.04. The molecule has 1 unspecified atom stereocenters. The second-order valence-corrected chi connectivity index (χ2v) is 3.81. The lowest BCUT2D eigenvalue weighted by Gasteiger charge is -2.11. The van der Waals surface area contributed by atoms with Crippen LogP contribution in [0.25, 0.3) is 0 Å². The van der Waals surface area contributed by atoms with Crippen LogP contribution in [0.5, 0.6) is 0 Å². The van der Waals surface area contributed by atoms with Crippen molar-refractivity contribution in [1.82, 2.24) is 0 Å². The molecule has 92 valence electrons. The van der Waals surface area contributed by atoms with Crippen LogP contribution in [0.1, 0.15) is 31.2 Å². The zero-order valence-electron chi connectivity index (χ0n) is 9.76. The van der Waals surface area contributed by atoms with Gasteiger partial charge in [-0.15, -0.1) is 0 Å². The Morgan fingerprint density at radius 2 is 1.94 bits per heavy atom. The summed E-state index contributed by atoms with van der Waals surface area (Å²) >= 11 is 0. The van der Waals surface area contributed by atoms with Gasteiger partial charge in [0.1, 0.15) is 0 Å². The zero-order chi connectivity index (χ0) is 12.8. The van der Waals surface area contributed by atoms with Crippen molar-refractivity contribution in [1.29, 1.82) is 0 Å². The summed E-state index contributed by atoms with van der Waals surface area (Å²) in [6.07, 6.45) is 1.45. The number of hydrogen-bond donors (Lipinski definition) is 3. The lowest BCUT2D eigenvalue weighted by atomic mass is 9.94. The Morgan fingerprint density at radius 1 is 1.35 bits per heavy atom. The average Bonchev–Trinajstić information content (AvgIpc) is 2.26. The first-order valence-electron chi connectivity index (χ1n) is 5.47. The molecule has 0 aromatic heterocycles. The molecule has 1 rings (SSSR count). The van der Waals surface area contributed by atoms with E-state index in [1.54, 1.807) is 24.3 Å². The van der Waals surface area contributed by atoms with Crippen molar-refractivity contribution < 1.29 is 9.90 Å². The minimum absolute atomic E-state index is 0.0129. The number of benzene rings is 1. The fraction of sp³-hybridized carbons (Fsp3) is 0.333. The molecule has 0 bridgehead atoms. The topological polar surface area (TPSA) is 102 Å². The maximum absolute atomic E-state index is 11.1. The van der Waals surface area contributed by atoms with Crippen LogP contribution in [0, 0.1) is 0 Å². The quantitative estimate of drug-likeness (QED) is 0.532. The second kappa shape index (κ2) is 5.89. The fourth-order valence-corrected chi connectivity index (χ4v) is 1.65. The van der Waals surface area contributed by atoms with Gasteiger partial charge in [0.2, 0.25) is 0 Å². The van der Waals surface area contributed by atoms with E-state index in [1.165, 1.54) is 0 Å². The summed E-state index contributed by atoms with van der Waals surface area (Å²) in [6.45, 7) is 1.96. The molecule has 0 radical (unpaired) electrons. The van der Waals surface area contributed by atoms with Crippen LogP contribution in [-0.2, 0) is 4.79 Å². The highest BCUT2D eigenvalue weighted by atomic mass is 16.4. The van der Waals surface area contributed by atoms with Gasteiger partial charge in [-0.05, 0) is 24.1 Å². The lowest BCUT2D eigenvalue weighted by Crippen LogP contribution is -2.21. The van der Waals surface area contributed by atoms with Gasteiger partial charge < -0.3 is 16.6 Å². The highest BCUT2D eigenvalue weighted by Gasteiger charge is 2.18. The summed E-state index contributed by atoms with van der Waals surface area (Å²) in [5.41, 5.74) is 11.9. The van der Waals surface area contributed by atoms with E-state index in [0.717, 1.165) is 12.0 Å². The summed E-state index contributed by atoms with van der Waals surface area (Å²) < 4.78 is 0. The number of aliphatic carboxylic acids is 1. The van der Waals surface area contributed by atoms with Crippen molar-refractivity contribution in [3.63, 3.8) is 0 Å². The largest absolute Gasteiger partial charge is 0.481 e. The smallest absolute Gasteiger partial charge is 0.310 e. The third kappa shape index (κ3) is 3.79. The molecule has 0 aliphatic heterocycles. The van der Waals surface area contributed by atoms with E-state index in [9.17, 15) is 4.79 Å². The third-order valence-electron chi connectivity index (χ3n) is 2.43. The molecule has 5 N–H and O–H groups in total. The Kier molecular flexibility index (Phi) is 4.51. The molecule has 0 aliphatic rings. The van der Waals surface area contributed by atoms with Crippen molar-refractivity contribution in [3.8, 4) is 0 Å². The number of carboxylic acid groups (broad SMARTS) is 1. The number of nitrogens with two attached hydrogens (primary N) is 2. The van der Waals surface area contributed by atoms with E-state index in [0.29, 0.717) is 12.1 Å². The Morgan fingerprint density at radius 3 is 2.35 bits per heavy atom. The molecule has 1 aromatic rings. The minimum atomic E-state index is -0.804. The molecule has 0 spiro atoms. The van der Waals surface area contributed by atoms with E-state index in [2.05, 4.69) is 4.99 Å². The number of rotatable bonds is 5. The van der Waals surface area contributed by atoms with Crippen molar-refractivity contribution in [2.45, 2.75) is 25.7 Å². The van der Waals surface area contributed by atoms with Gasteiger partial charge in [0.05, 0.1) is 11.6 Å². The predicted molar refractivity (Wildman–Crippen MR) is 67.2 cm³/mol.